The van der Waals surface area contributed by atoms with Gasteiger partial charge in [-0.05, 0) is 30.9 Å². The van der Waals surface area contributed by atoms with Gasteiger partial charge in [-0.3, -0.25) is 9.79 Å². The molecule has 1 amide bonds. The van der Waals surface area contributed by atoms with E-state index in [0.717, 1.165) is 38.2 Å². The maximum Gasteiger partial charge on any atom is 0.230 e. The van der Waals surface area contributed by atoms with Crippen LogP contribution in [0.15, 0.2) is 29.3 Å². The van der Waals surface area contributed by atoms with E-state index in [1.54, 1.807) is 11.9 Å². The molecule has 0 unspecified atom stereocenters. The smallest absolute Gasteiger partial charge is 0.230 e. The second-order valence-electron chi connectivity index (χ2n) is 7.42. The molecule has 27 heavy (non-hydrogen) atoms. The summed E-state index contributed by atoms with van der Waals surface area (Å²) in [6.07, 6.45) is 4.10. The summed E-state index contributed by atoms with van der Waals surface area (Å²) in [5.74, 6) is 0.944. The molecule has 6 heteroatoms. The molecule has 0 bridgehead atoms. The number of nitrogens with zero attached hydrogens (tertiary/aromatic N) is 2. The number of hydrogen-bond donors (Lipinski definition) is 2. The molecule has 1 saturated carbocycles. The highest BCUT2D eigenvalue weighted by atomic mass is 16.5. The summed E-state index contributed by atoms with van der Waals surface area (Å²) in [4.78, 5) is 18.7. The average Bonchev–Trinajstić information content (AvgIpc) is 3.16. The standard InChI is InChI=1S/C21H34N4O2/c1-5-27-15-18-10-8-17(9-11-18)14-23-20(22-2)24-16-21(12-6-7-13-21)19(26)25(3)4/h8-11H,5-7,12-16H2,1-4H3,(H2,22,23,24). The summed E-state index contributed by atoms with van der Waals surface area (Å²) in [5, 5.41) is 6.71. The van der Waals surface area contributed by atoms with Gasteiger partial charge in [-0.15, -0.1) is 0 Å². The van der Waals surface area contributed by atoms with Crippen LogP contribution >= 0.6 is 0 Å². The number of carbonyl (C=O) groups is 1. The summed E-state index contributed by atoms with van der Waals surface area (Å²) in [6.45, 7) is 4.68. The number of nitrogens with one attached hydrogen (secondary N) is 2. The fourth-order valence-electron chi connectivity index (χ4n) is 3.62. The topological polar surface area (TPSA) is 66.0 Å². The number of ether oxygens (including phenoxy) is 1. The van der Waals surface area contributed by atoms with E-state index in [9.17, 15) is 4.79 Å². The largest absolute Gasteiger partial charge is 0.377 e. The Kier molecular flexibility index (Phi) is 8.10. The third-order valence-electron chi connectivity index (χ3n) is 5.19. The first-order valence-electron chi connectivity index (χ1n) is 9.82. The Balaban J connectivity index is 1.87. The van der Waals surface area contributed by atoms with Gasteiger partial charge >= 0.3 is 0 Å². The normalized spacial score (nSPS) is 16.2. The monoisotopic (exact) mass is 374 g/mol. The molecule has 0 aromatic heterocycles. The molecule has 1 fully saturated rings. The molecule has 0 heterocycles. The summed E-state index contributed by atoms with van der Waals surface area (Å²) in [7, 11) is 5.44. The fraction of sp³-hybridized carbons (Fsp3) is 0.619. The van der Waals surface area contributed by atoms with Gasteiger partial charge in [-0.2, -0.15) is 0 Å². The van der Waals surface area contributed by atoms with Crippen LogP contribution in [0.25, 0.3) is 0 Å². The molecule has 6 nitrogen and oxygen atoms in total. The minimum Gasteiger partial charge on any atom is -0.377 e. The lowest BCUT2D eigenvalue weighted by Crippen LogP contribution is -2.49. The molecule has 0 atom stereocenters. The summed E-state index contributed by atoms with van der Waals surface area (Å²) in [6, 6.07) is 8.38. The lowest BCUT2D eigenvalue weighted by Gasteiger charge is -2.31. The van der Waals surface area contributed by atoms with Crippen molar-refractivity contribution in [1.82, 2.24) is 15.5 Å². The van der Waals surface area contributed by atoms with E-state index in [1.807, 2.05) is 21.0 Å². The zero-order valence-corrected chi connectivity index (χ0v) is 17.2. The Morgan fingerprint density at radius 1 is 1.15 bits per heavy atom. The summed E-state index contributed by atoms with van der Waals surface area (Å²) < 4.78 is 5.43. The van der Waals surface area contributed by atoms with Crippen LogP contribution in [-0.2, 0) is 22.7 Å². The lowest BCUT2D eigenvalue weighted by molar-refractivity contribution is -0.138. The van der Waals surface area contributed by atoms with E-state index < -0.39 is 0 Å². The van der Waals surface area contributed by atoms with Crippen LogP contribution in [0.1, 0.15) is 43.7 Å². The maximum atomic E-state index is 12.7. The first-order chi connectivity index (χ1) is 13.0. The number of carbonyl (C=O) groups excluding carboxylic acids is 1. The summed E-state index contributed by atoms with van der Waals surface area (Å²) >= 11 is 0. The quantitative estimate of drug-likeness (QED) is 0.542. The van der Waals surface area contributed by atoms with E-state index in [2.05, 4.69) is 39.9 Å². The van der Waals surface area contributed by atoms with Crippen molar-refractivity contribution in [2.75, 3.05) is 34.3 Å². The number of guanidine groups is 1. The van der Waals surface area contributed by atoms with Gasteiger partial charge in [0.05, 0.1) is 12.0 Å². The van der Waals surface area contributed by atoms with Gasteiger partial charge in [0.25, 0.3) is 0 Å². The first kappa shape index (κ1) is 21.2. The number of rotatable bonds is 8. The Labute approximate surface area is 163 Å². The lowest BCUT2D eigenvalue weighted by atomic mass is 9.84. The zero-order chi connectivity index (χ0) is 19.7. The minimum absolute atomic E-state index is 0.216. The van der Waals surface area contributed by atoms with Crippen LogP contribution in [0.5, 0.6) is 0 Å². The zero-order valence-electron chi connectivity index (χ0n) is 17.2. The molecule has 0 aliphatic heterocycles. The Hall–Kier alpha value is -2.08. The Bertz CT molecular complexity index is 620. The highest BCUT2D eigenvalue weighted by Gasteiger charge is 2.42. The molecule has 0 radical (unpaired) electrons. The highest BCUT2D eigenvalue weighted by Crippen LogP contribution is 2.38. The predicted octanol–water partition coefficient (Wildman–Crippen LogP) is 2.54. The van der Waals surface area contributed by atoms with Gasteiger partial charge in [0.15, 0.2) is 5.96 Å². The van der Waals surface area contributed by atoms with E-state index in [0.29, 0.717) is 19.7 Å². The Morgan fingerprint density at radius 3 is 2.33 bits per heavy atom. The van der Waals surface area contributed by atoms with Crippen molar-refractivity contribution >= 4 is 11.9 Å². The first-order valence-corrected chi connectivity index (χ1v) is 9.82. The van der Waals surface area contributed by atoms with Crippen molar-refractivity contribution in [2.45, 2.75) is 45.8 Å². The van der Waals surface area contributed by atoms with E-state index in [-0.39, 0.29) is 11.3 Å². The second-order valence-corrected chi connectivity index (χ2v) is 7.42. The third kappa shape index (κ3) is 5.96. The Morgan fingerprint density at radius 2 is 1.78 bits per heavy atom. The van der Waals surface area contributed by atoms with Crippen molar-refractivity contribution in [1.29, 1.82) is 0 Å². The van der Waals surface area contributed by atoms with Gasteiger partial charge in [-0.1, -0.05) is 37.1 Å². The van der Waals surface area contributed by atoms with E-state index in [4.69, 9.17) is 4.74 Å². The van der Waals surface area contributed by atoms with Crippen molar-refractivity contribution in [3.63, 3.8) is 0 Å². The molecular weight excluding hydrogens is 340 g/mol. The number of aliphatic imine (C=N–C) groups is 1. The SMILES string of the molecule is CCOCc1ccc(CNC(=NC)NCC2(C(=O)N(C)C)CCCC2)cc1. The van der Waals surface area contributed by atoms with Gasteiger partial charge in [0.2, 0.25) is 5.91 Å². The average molecular weight is 375 g/mol. The molecule has 0 spiro atoms. The second kappa shape index (κ2) is 10.3. The number of amides is 1. The summed E-state index contributed by atoms with van der Waals surface area (Å²) in [5.41, 5.74) is 2.05. The van der Waals surface area contributed by atoms with Crippen LogP contribution in [0, 0.1) is 5.41 Å². The van der Waals surface area contributed by atoms with Crippen LogP contribution in [-0.4, -0.2) is 51.1 Å². The molecule has 1 aromatic carbocycles. The van der Waals surface area contributed by atoms with E-state index in [1.165, 1.54) is 11.1 Å². The van der Waals surface area contributed by atoms with Gasteiger partial charge in [0.1, 0.15) is 0 Å². The molecule has 1 aliphatic carbocycles. The van der Waals surface area contributed by atoms with Crippen molar-refractivity contribution < 1.29 is 9.53 Å². The maximum absolute atomic E-state index is 12.7. The van der Waals surface area contributed by atoms with Crippen LogP contribution in [0.3, 0.4) is 0 Å². The van der Waals surface area contributed by atoms with Gasteiger partial charge in [0, 0.05) is 40.8 Å². The van der Waals surface area contributed by atoms with Crippen LogP contribution in [0.4, 0.5) is 0 Å². The predicted molar refractivity (Wildman–Crippen MR) is 110 cm³/mol. The molecular formula is C21H34N4O2. The number of benzene rings is 1. The van der Waals surface area contributed by atoms with Crippen molar-refractivity contribution in [3.8, 4) is 0 Å². The molecule has 2 rings (SSSR count). The van der Waals surface area contributed by atoms with Crippen LogP contribution < -0.4 is 10.6 Å². The molecule has 1 aromatic rings. The molecule has 0 saturated heterocycles. The number of hydrogen-bond acceptors (Lipinski definition) is 3. The fourth-order valence-corrected chi connectivity index (χ4v) is 3.62. The van der Waals surface area contributed by atoms with Crippen molar-refractivity contribution in [2.24, 2.45) is 10.4 Å². The third-order valence-corrected chi connectivity index (χ3v) is 5.19. The van der Waals surface area contributed by atoms with Crippen LogP contribution in [0.2, 0.25) is 0 Å². The molecule has 1 aliphatic rings. The van der Waals surface area contributed by atoms with Gasteiger partial charge < -0.3 is 20.3 Å². The van der Waals surface area contributed by atoms with E-state index >= 15 is 0 Å². The minimum atomic E-state index is -0.304. The van der Waals surface area contributed by atoms with Gasteiger partial charge in [-0.25, -0.2) is 0 Å². The molecule has 2 N–H and O–H groups in total. The molecule has 150 valence electrons. The van der Waals surface area contributed by atoms with Crippen molar-refractivity contribution in [3.05, 3.63) is 35.4 Å². The highest BCUT2D eigenvalue weighted by molar-refractivity contribution is 5.85.